The molecule has 124 valence electrons. The summed E-state index contributed by atoms with van der Waals surface area (Å²) in [5.41, 5.74) is 5.19. The highest BCUT2D eigenvalue weighted by Crippen LogP contribution is 2.27. The minimum absolute atomic E-state index is 0.666. The summed E-state index contributed by atoms with van der Waals surface area (Å²) in [6, 6.07) is 9.74. The van der Waals surface area contributed by atoms with Crippen LogP contribution < -0.4 is 4.90 Å². The van der Waals surface area contributed by atoms with Crippen molar-refractivity contribution in [3.05, 3.63) is 89.7 Å². The highest BCUT2D eigenvalue weighted by molar-refractivity contribution is 5.62. The number of hydrogen-bond donors (Lipinski definition) is 0. The molecule has 2 nitrogen and oxygen atoms in total. The molecular formula is C22H26N2. The van der Waals surface area contributed by atoms with Gasteiger partial charge in [-0.05, 0) is 49.3 Å². The van der Waals surface area contributed by atoms with Crippen LogP contribution in [0.3, 0.4) is 0 Å². The van der Waals surface area contributed by atoms with Crippen molar-refractivity contribution in [3.8, 4) is 6.07 Å². The molecule has 0 aliphatic heterocycles. The number of anilines is 1. The molecule has 1 aliphatic rings. The lowest BCUT2D eigenvalue weighted by Crippen LogP contribution is -2.18. The van der Waals surface area contributed by atoms with Crippen molar-refractivity contribution >= 4 is 5.69 Å². The Labute approximate surface area is 146 Å². The number of nitrogens with zero attached hydrogens (tertiary/aromatic N) is 2. The lowest BCUT2D eigenvalue weighted by molar-refractivity contribution is 1.10. The first kappa shape index (κ1) is 19.3. The van der Waals surface area contributed by atoms with E-state index in [1.54, 1.807) is 6.08 Å². The van der Waals surface area contributed by atoms with Crippen LogP contribution in [0.5, 0.6) is 0 Å². The quantitative estimate of drug-likeness (QED) is 0.644. The molecule has 2 heteroatoms. The van der Waals surface area contributed by atoms with Gasteiger partial charge >= 0.3 is 0 Å². The Hall–Kier alpha value is -2.79. The van der Waals surface area contributed by atoms with Gasteiger partial charge in [-0.3, -0.25) is 0 Å². The highest BCUT2D eigenvalue weighted by atomic mass is 15.1. The topological polar surface area (TPSA) is 27.0 Å². The van der Waals surface area contributed by atoms with Crippen LogP contribution in [-0.2, 0) is 0 Å². The van der Waals surface area contributed by atoms with Crippen LogP contribution in [0.1, 0.15) is 32.8 Å². The summed E-state index contributed by atoms with van der Waals surface area (Å²) >= 11 is 0. The van der Waals surface area contributed by atoms with Gasteiger partial charge in [0.2, 0.25) is 0 Å². The van der Waals surface area contributed by atoms with Crippen molar-refractivity contribution in [2.75, 3.05) is 11.9 Å². The van der Waals surface area contributed by atoms with E-state index in [4.69, 9.17) is 5.26 Å². The standard InChI is InChI=1S/C20H20N2.C2H6/c1-4-8-20(19-10-7-5-6-9-16(19)2)22(3)18-13-11-17(15-21)12-14-18;1-2/h4,6-14H,1,5H2,2-3H3;1-2H3/b20-8+;. The molecule has 0 unspecified atom stereocenters. The molecule has 0 N–H and O–H groups in total. The van der Waals surface area contributed by atoms with Crippen LogP contribution >= 0.6 is 0 Å². The van der Waals surface area contributed by atoms with E-state index in [-0.39, 0.29) is 0 Å². The zero-order valence-corrected chi connectivity index (χ0v) is 15.1. The summed E-state index contributed by atoms with van der Waals surface area (Å²) in [6.45, 7) is 9.95. The van der Waals surface area contributed by atoms with E-state index in [0.717, 1.165) is 17.8 Å². The maximum Gasteiger partial charge on any atom is 0.0991 e. The van der Waals surface area contributed by atoms with Crippen molar-refractivity contribution in [3.63, 3.8) is 0 Å². The Morgan fingerprint density at radius 3 is 2.38 bits per heavy atom. The number of allylic oxidation sites excluding steroid dienone is 7. The maximum atomic E-state index is 8.92. The van der Waals surface area contributed by atoms with Crippen molar-refractivity contribution in [1.29, 1.82) is 5.26 Å². The third kappa shape index (κ3) is 4.86. The highest BCUT2D eigenvalue weighted by Gasteiger charge is 2.12. The van der Waals surface area contributed by atoms with Crippen LogP contribution in [0.2, 0.25) is 0 Å². The Morgan fingerprint density at radius 1 is 1.17 bits per heavy atom. The Morgan fingerprint density at radius 2 is 1.79 bits per heavy atom. The van der Waals surface area contributed by atoms with Crippen molar-refractivity contribution in [2.45, 2.75) is 27.2 Å². The lowest BCUT2D eigenvalue weighted by atomic mass is 10.0. The Balaban J connectivity index is 0.00000139. The smallest absolute Gasteiger partial charge is 0.0991 e. The van der Waals surface area contributed by atoms with Gasteiger partial charge in [-0.1, -0.05) is 50.8 Å². The van der Waals surface area contributed by atoms with Gasteiger partial charge in [-0.2, -0.15) is 5.26 Å². The fraction of sp³-hybridized carbons (Fsp3) is 0.227. The second-order valence-electron chi connectivity index (χ2n) is 5.14. The number of benzene rings is 1. The molecule has 0 fully saturated rings. The monoisotopic (exact) mass is 318 g/mol. The average molecular weight is 318 g/mol. The predicted molar refractivity (Wildman–Crippen MR) is 105 cm³/mol. The van der Waals surface area contributed by atoms with Crippen molar-refractivity contribution in [1.82, 2.24) is 0 Å². The van der Waals surface area contributed by atoms with Crippen LogP contribution in [0.25, 0.3) is 0 Å². The molecule has 1 aromatic carbocycles. The summed E-state index contributed by atoms with van der Waals surface area (Å²) in [6.07, 6.45) is 13.4. The molecule has 0 heterocycles. The van der Waals surface area contributed by atoms with Crippen LogP contribution in [0, 0.1) is 11.3 Å². The van der Waals surface area contributed by atoms with E-state index in [0.29, 0.717) is 5.56 Å². The minimum atomic E-state index is 0.666. The van der Waals surface area contributed by atoms with Crippen molar-refractivity contribution in [2.24, 2.45) is 0 Å². The van der Waals surface area contributed by atoms with E-state index in [2.05, 4.69) is 48.8 Å². The molecule has 0 saturated carbocycles. The van der Waals surface area contributed by atoms with Gasteiger partial charge in [0.05, 0.1) is 11.6 Å². The normalized spacial score (nSPS) is 13.5. The summed E-state index contributed by atoms with van der Waals surface area (Å²) in [7, 11) is 2.03. The van der Waals surface area contributed by atoms with E-state index in [1.807, 2.05) is 51.2 Å². The zero-order valence-electron chi connectivity index (χ0n) is 15.1. The molecule has 2 rings (SSSR count). The molecule has 0 aromatic heterocycles. The first-order valence-electron chi connectivity index (χ1n) is 8.28. The molecule has 24 heavy (non-hydrogen) atoms. The second kappa shape index (κ2) is 10.1. The molecule has 0 saturated heterocycles. The van der Waals surface area contributed by atoms with Gasteiger partial charge in [0.15, 0.2) is 0 Å². The average Bonchev–Trinajstić information content (AvgIpc) is 2.85. The van der Waals surface area contributed by atoms with Crippen LogP contribution in [0.15, 0.2) is 84.1 Å². The predicted octanol–water partition coefficient (Wildman–Crippen LogP) is 5.92. The minimum Gasteiger partial charge on any atom is -0.344 e. The van der Waals surface area contributed by atoms with Gasteiger partial charge in [0.1, 0.15) is 0 Å². The molecule has 0 spiro atoms. The molecule has 0 radical (unpaired) electrons. The van der Waals surface area contributed by atoms with Gasteiger partial charge in [0.25, 0.3) is 0 Å². The fourth-order valence-electron chi connectivity index (χ4n) is 2.41. The zero-order chi connectivity index (χ0) is 17.9. The molecule has 0 atom stereocenters. The summed E-state index contributed by atoms with van der Waals surface area (Å²) in [5.74, 6) is 0. The maximum absolute atomic E-state index is 8.92. The molecule has 1 aliphatic carbocycles. The molecule has 0 bridgehead atoms. The number of rotatable bonds is 4. The van der Waals surface area contributed by atoms with Gasteiger partial charge in [-0.25, -0.2) is 0 Å². The number of hydrogen-bond acceptors (Lipinski definition) is 2. The van der Waals surface area contributed by atoms with Gasteiger partial charge in [-0.15, -0.1) is 0 Å². The SMILES string of the molecule is C=C/C=C(\C1=C(C)C=CCC=C1)N(C)c1ccc(C#N)cc1.CC. The van der Waals surface area contributed by atoms with Gasteiger partial charge < -0.3 is 4.90 Å². The summed E-state index contributed by atoms with van der Waals surface area (Å²) in [5, 5.41) is 8.92. The van der Waals surface area contributed by atoms with E-state index in [1.165, 1.54) is 11.1 Å². The fourth-order valence-corrected chi connectivity index (χ4v) is 2.41. The largest absolute Gasteiger partial charge is 0.344 e. The van der Waals surface area contributed by atoms with Crippen LogP contribution in [0.4, 0.5) is 5.69 Å². The Bertz CT molecular complexity index is 707. The second-order valence-corrected chi connectivity index (χ2v) is 5.14. The number of likely N-dealkylation sites (N-methyl/N-ethyl adjacent to an activating group) is 1. The Kier molecular flexibility index (Phi) is 8.08. The van der Waals surface area contributed by atoms with E-state index in [9.17, 15) is 0 Å². The molecule has 1 aromatic rings. The van der Waals surface area contributed by atoms with Crippen LogP contribution in [-0.4, -0.2) is 7.05 Å². The lowest BCUT2D eigenvalue weighted by Gasteiger charge is -2.24. The third-order valence-corrected chi connectivity index (χ3v) is 3.65. The summed E-state index contributed by atoms with van der Waals surface area (Å²) < 4.78 is 0. The number of nitriles is 1. The van der Waals surface area contributed by atoms with E-state index >= 15 is 0 Å². The third-order valence-electron chi connectivity index (χ3n) is 3.65. The van der Waals surface area contributed by atoms with Crippen molar-refractivity contribution < 1.29 is 0 Å². The first-order valence-corrected chi connectivity index (χ1v) is 8.28. The summed E-state index contributed by atoms with van der Waals surface area (Å²) in [4.78, 5) is 2.12. The van der Waals surface area contributed by atoms with Gasteiger partial charge in [0, 0.05) is 24.0 Å². The molecular weight excluding hydrogens is 292 g/mol. The first-order chi connectivity index (χ1) is 11.7. The van der Waals surface area contributed by atoms with E-state index < -0.39 is 0 Å². The molecule has 0 amide bonds.